The Kier molecular flexibility index (Phi) is 3.22. The predicted molar refractivity (Wildman–Crippen MR) is 61.1 cm³/mol. The molecular weight excluding hydrogens is 204 g/mol. The van der Waals surface area contributed by atoms with Crippen LogP contribution in [0.25, 0.3) is 0 Å². The molecule has 0 fully saturated rings. The van der Waals surface area contributed by atoms with Crippen molar-refractivity contribution in [2.24, 2.45) is 5.73 Å². The Morgan fingerprint density at radius 2 is 2.31 bits per heavy atom. The SMILES string of the molecule is NC(CNC1CCc2ccccc21)C(=O)O. The van der Waals surface area contributed by atoms with Crippen LogP contribution in [0.5, 0.6) is 0 Å². The normalized spacial score (nSPS) is 20.4. The van der Waals surface area contributed by atoms with Gasteiger partial charge in [0.2, 0.25) is 0 Å². The standard InChI is InChI=1S/C12H16N2O2/c13-10(12(15)16)7-14-11-6-5-8-3-1-2-4-9(8)11/h1-4,10-11,14H,5-7,13H2,(H,15,16). The summed E-state index contributed by atoms with van der Waals surface area (Å²) >= 11 is 0. The summed E-state index contributed by atoms with van der Waals surface area (Å²) in [6, 6.07) is 7.68. The van der Waals surface area contributed by atoms with Crippen molar-refractivity contribution in [3.8, 4) is 0 Å². The fourth-order valence-corrected chi connectivity index (χ4v) is 2.13. The molecule has 0 bridgehead atoms. The number of nitrogens with two attached hydrogens (primary N) is 1. The van der Waals surface area contributed by atoms with Crippen LogP contribution in [0, 0.1) is 0 Å². The topological polar surface area (TPSA) is 75.3 Å². The number of benzene rings is 1. The van der Waals surface area contributed by atoms with Gasteiger partial charge in [-0.15, -0.1) is 0 Å². The van der Waals surface area contributed by atoms with Crippen molar-refractivity contribution in [2.75, 3.05) is 6.54 Å². The van der Waals surface area contributed by atoms with Crippen LogP contribution < -0.4 is 11.1 Å². The van der Waals surface area contributed by atoms with E-state index in [1.54, 1.807) is 0 Å². The van der Waals surface area contributed by atoms with Gasteiger partial charge in [0.25, 0.3) is 0 Å². The molecule has 0 heterocycles. The van der Waals surface area contributed by atoms with E-state index in [1.165, 1.54) is 11.1 Å². The van der Waals surface area contributed by atoms with Gasteiger partial charge in [0.15, 0.2) is 0 Å². The van der Waals surface area contributed by atoms with Gasteiger partial charge in [-0.3, -0.25) is 4.79 Å². The minimum Gasteiger partial charge on any atom is -0.480 e. The summed E-state index contributed by atoms with van der Waals surface area (Å²) < 4.78 is 0. The van der Waals surface area contributed by atoms with Crippen LogP contribution in [0.4, 0.5) is 0 Å². The van der Waals surface area contributed by atoms with Gasteiger partial charge in [0.05, 0.1) is 0 Å². The third-order valence-corrected chi connectivity index (χ3v) is 3.03. The van der Waals surface area contributed by atoms with Crippen molar-refractivity contribution < 1.29 is 9.90 Å². The first-order chi connectivity index (χ1) is 7.68. The lowest BCUT2D eigenvalue weighted by atomic mass is 10.1. The maximum absolute atomic E-state index is 10.6. The molecular formula is C12H16N2O2. The lowest BCUT2D eigenvalue weighted by molar-refractivity contribution is -0.138. The van der Waals surface area contributed by atoms with Crippen molar-refractivity contribution in [1.29, 1.82) is 0 Å². The second kappa shape index (κ2) is 4.63. The van der Waals surface area contributed by atoms with Crippen molar-refractivity contribution in [2.45, 2.75) is 24.9 Å². The summed E-state index contributed by atoms with van der Waals surface area (Å²) in [5, 5.41) is 11.9. The fraction of sp³-hybridized carbons (Fsp3) is 0.417. The molecule has 4 N–H and O–H groups in total. The highest BCUT2D eigenvalue weighted by atomic mass is 16.4. The number of hydrogen-bond acceptors (Lipinski definition) is 3. The Balaban J connectivity index is 1.96. The van der Waals surface area contributed by atoms with Gasteiger partial charge in [0, 0.05) is 12.6 Å². The first-order valence-electron chi connectivity index (χ1n) is 5.48. The van der Waals surface area contributed by atoms with Crippen LogP contribution in [0.3, 0.4) is 0 Å². The van der Waals surface area contributed by atoms with Gasteiger partial charge in [-0.1, -0.05) is 24.3 Å². The maximum atomic E-state index is 10.6. The number of fused-ring (bicyclic) bond motifs is 1. The van der Waals surface area contributed by atoms with E-state index in [-0.39, 0.29) is 6.04 Å². The van der Waals surface area contributed by atoms with Crippen molar-refractivity contribution >= 4 is 5.97 Å². The fourth-order valence-electron chi connectivity index (χ4n) is 2.13. The van der Waals surface area contributed by atoms with Gasteiger partial charge >= 0.3 is 5.97 Å². The number of carbonyl (C=O) groups is 1. The van der Waals surface area contributed by atoms with Crippen LogP contribution in [-0.4, -0.2) is 23.7 Å². The molecule has 1 aliphatic rings. The average Bonchev–Trinajstić information content (AvgIpc) is 2.69. The van der Waals surface area contributed by atoms with Gasteiger partial charge in [-0.25, -0.2) is 0 Å². The zero-order valence-electron chi connectivity index (χ0n) is 9.02. The highest BCUT2D eigenvalue weighted by Gasteiger charge is 2.22. The summed E-state index contributed by atoms with van der Waals surface area (Å²) in [7, 11) is 0. The van der Waals surface area contributed by atoms with E-state index in [2.05, 4.69) is 17.4 Å². The molecule has 0 saturated heterocycles. The molecule has 1 aromatic carbocycles. The quantitative estimate of drug-likeness (QED) is 0.697. The summed E-state index contributed by atoms with van der Waals surface area (Å²) in [5.74, 6) is -0.959. The second-order valence-corrected chi connectivity index (χ2v) is 4.14. The number of rotatable bonds is 4. The molecule has 0 aromatic heterocycles. The van der Waals surface area contributed by atoms with E-state index in [9.17, 15) is 4.79 Å². The molecule has 2 rings (SSSR count). The second-order valence-electron chi connectivity index (χ2n) is 4.14. The molecule has 0 spiro atoms. The van der Waals surface area contributed by atoms with Crippen LogP contribution in [0.15, 0.2) is 24.3 Å². The summed E-state index contributed by atoms with van der Waals surface area (Å²) in [6.07, 6.45) is 2.07. The zero-order valence-corrected chi connectivity index (χ0v) is 9.02. The molecule has 4 nitrogen and oxygen atoms in total. The van der Waals surface area contributed by atoms with Gasteiger partial charge in [-0.2, -0.15) is 0 Å². The molecule has 0 amide bonds. The molecule has 0 aliphatic heterocycles. The smallest absolute Gasteiger partial charge is 0.321 e. The monoisotopic (exact) mass is 220 g/mol. The average molecular weight is 220 g/mol. The zero-order chi connectivity index (χ0) is 11.5. The summed E-state index contributed by atoms with van der Waals surface area (Å²) in [6.45, 7) is 0.314. The molecule has 16 heavy (non-hydrogen) atoms. The van der Waals surface area contributed by atoms with Crippen molar-refractivity contribution in [1.82, 2.24) is 5.32 Å². The molecule has 4 heteroatoms. The Morgan fingerprint density at radius 1 is 1.56 bits per heavy atom. The Morgan fingerprint density at radius 3 is 3.06 bits per heavy atom. The lowest BCUT2D eigenvalue weighted by Crippen LogP contribution is -2.41. The molecule has 2 unspecified atom stereocenters. The predicted octanol–water partition coefficient (Wildman–Crippen LogP) is 0.675. The van der Waals surface area contributed by atoms with Crippen LogP contribution >= 0.6 is 0 Å². The van der Waals surface area contributed by atoms with E-state index < -0.39 is 12.0 Å². The maximum Gasteiger partial charge on any atom is 0.321 e. The number of carboxylic acids is 1. The number of hydrogen-bond donors (Lipinski definition) is 3. The van der Waals surface area contributed by atoms with Crippen LogP contribution in [-0.2, 0) is 11.2 Å². The summed E-state index contributed by atoms with van der Waals surface area (Å²) in [4.78, 5) is 10.6. The van der Waals surface area contributed by atoms with Gasteiger partial charge < -0.3 is 16.2 Å². The van der Waals surface area contributed by atoms with Crippen molar-refractivity contribution in [3.05, 3.63) is 35.4 Å². The lowest BCUT2D eigenvalue weighted by Gasteiger charge is -2.15. The first kappa shape index (κ1) is 11.1. The highest BCUT2D eigenvalue weighted by Crippen LogP contribution is 2.30. The van der Waals surface area contributed by atoms with E-state index in [0.717, 1.165) is 12.8 Å². The molecule has 0 radical (unpaired) electrons. The minimum absolute atomic E-state index is 0.251. The van der Waals surface area contributed by atoms with E-state index in [0.29, 0.717) is 6.54 Å². The van der Waals surface area contributed by atoms with Crippen molar-refractivity contribution in [3.63, 3.8) is 0 Å². The van der Waals surface area contributed by atoms with Gasteiger partial charge in [0.1, 0.15) is 6.04 Å². The van der Waals surface area contributed by atoms with Crippen LogP contribution in [0.1, 0.15) is 23.6 Å². The highest BCUT2D eigenvalue weighted by molar-refractivity contribution is 5.73. The third kappa shape index (κ3) is 2.23. The van der Waals surface area contributed by atoms with E-state index in [4.69, 9.17) is 10.8 Å². The molecule has 2 atom stereocenters. The molecule has 0 saturated carbocycles. The minimum atomic E-state index is -0.959. The Bertz CT molecular complexity index is 392. The Labute approximate surface area is 94.5 Å². The van der Waals surface area contributed by atoms with E-state index >= 15 is 0 Å². The largest absolute Gasteiger partial charge is 0.480 e. The molecule has 1 aromatic rings. The number of carboxylic acid groups (broad SMARTS) is 1. The molecule has 86 valence electrons. The van der Waals surface area contributed by atoms with E-state index in [1.807, 2.05) is 12.1 Å². The van der Waals surface area contributed by atoms with Gasteiger partial charge in [-0.05, 0) is 24.0 Å². The molecule has 1 aliphatic carbocycles. The third-order valence-electron chi connectivity index (χ3n) is 3.03. The first-order valence-corrected chi connectivity index (χ1v) is 5.48. The van der Waals surface area contributed by atoms with Crippen LogP contribution in [0.2, 0.25) is 0 Å². The number of nitrogens with one attached hydrogen (secondary N) is 1. The number of aliphatic carboxylic acids is 1. The summed E-state index contributed by atoms with van der Waals surface area (Å²) in [5.41, 5.74) is 8.08. The Hall–Kier alpha value is -1.39. The number of aryl methyl sites for hydroxylation is 1.